The van der Waals surface area contributed by atoms with Crippen molar-refractivity contribution >= 4 is 11.6 Å². The summed E-state index contributed by atoms with van der Waals surface area (Å²) in [6.45, 7) is 4.58. The summed E-state index contributed by atoms with van der Waals surface area (Å²) in [6, 6.07) is 4.88. The SMILES string of the molecule is CC1(C)CCC(N)C(Cc2ccc(F)cc2Cl)C1. The predicted molar refractivity (Wildman–Crippen MR) is 74.2 cm³/mol. The van der Waals surface area contributed by atoms with Crippen LogP contribution in [0.3, 0.4) is 0 Å². The van der Waals surface area contributed by atoms with E-state index in [2.05, 4.69) is 13.8 Å². The van der Waals surface area contributed by atoms with Gasteiger partial charge in [0.1, 0.15) is 5.82 Å². The van der Waals surface area contributed by atoms with Crippen molar-refractivity contribution in [2.45, 2.75) is 45.6 Å². The molecule has 100 valence electrons. The molecule has 18 heavy (non-hydrogen) atoms. The maximum absolute atomic E-state index is 13.0. The van der Waals surface area contributed by atoms with E-state index >= 15 is 0 Å². The fourth-order valence-corrected chi connectivity index (χ4v) is 3.19. The molecule has 2 unspecified atom stereocenters. The molecule has 2 atom stereocenters. The number of rotatable bonds is 2. The van der Waals surface area contributed by atoms with E-state index < -0.39 is 0 Å². The molecule has 2 rings (SSSR count). The van der Waals surface area contributed by atoms with Gasteiger partial charge in [-0.25, -0.2) is 4.39 Å². The molecular formula is C15H21ClFN. The monoisotopic (exact) mass is 269 g/mol. The molecule has 0 heterocycles. The highest BCUT2D eigenvalue weighted by molar-refractivity contribution is 6.31. The van der Waals surface area contributed by atoms with E-state index in [9.17, 15) is 4.39 Å². The van der Waals surface area contributed by atoms with E-state index in [0.29, 0.717) is 16.4 Å². The minimum Gasteiger partial charge on any atom is -0.327 e. The van der Waals surface area contributed by atoms with Crippen LogP contribution in [0.15, 0.2) is 18.2 Å². The highest BCUT2D eigenvalue weighted by Crippen LogP contribution is 2.39. The Morgan fingerprint density at radius 3 is 2.83 bits per heavy atom. The third kappa shape index (κ3) is 3.24. The van der Waals surface area contributed by atoms with Crippen molar-refractivity contribution in [3.63, 3.8) is 0 Å². The second kappa shape index (κ2) is 5.18. The van der Waals surface area contributed by atoms with Crippen LogP contribution in [0.2, 0.25) is 5.02 Å². The second-order valence-electron chi connectivity index (χ2n) is 6.27. The molecule has 0 radical (unpaired) electrons. The molecule has 0 amide bonds. The summed E-state index contributed by atoms with van der Waals surface area (Å²) in [5.74, 6) is 0.161. The first-order valence-corrected chi connectivity index (χ1v) is 6.95. The average molecular weight is 270 g/mol. The van der Waals surface area contributed by atoms with Gasteiger partial charge >= 0.3 is 0 Å². The van der Waals surface area contributed by atoms with E-state index in [0.717, 1.165) is 24.8 Å². The standard InChI is InChI=1S/C15H21ClFN/c1-15(2)6-5-14(18)11(9-15)7-10-3-4-12(17)8-13(10)16/h3-4,8,11,14H,5-7,9,18H2,1-2H3. The average Bonchev–Trinajstić information content (AvgIpc) is 2.27. The van der Waals surface area contributed by atoms with Gasteiger partial charge in [0.2, 0.25) is 0 Å². The third-order valence-corrected chi connectivity index (χ3v) is 4.42. The van der Waals surface area contributed by atoms with Crippen LogP contribution >= 0.6 is 11.6 Å². The Morgan fingerprint density at radius 1 is 1.44 bits per heavy atom. The first-order valence-electron chi connectivity index (χ1n) is 6.57. The van der Waals surface area contributed by atoms with Gasteiger partial charge in [-0.3, -0.25) is 0 Å². The van der Waals surface area contributed by atoms with Gasteiger partial charge in [0, 0.05) is 11.1 Å². The normalized spacial score (nSPS) is 27.2. The van der Waals surface area contributed by atoms with Gasteiger partial charge in [-0.1, -0.05) is 31.5 Å². The Bertz CT molecular complexity index is 431. The van der Waals surface area contributed by atoms with Crippen LogP contribution < -0.4 is 5.73 Å². The molecule has 2 N–H and O–H groups in total. The summed E-state index contributed by atoms with van der Waals surface area (Å²) in [4.78, 5) is 0. The van der Waals surface area contributed by atoms with Gasteiger partial charge in [0.05, 0.1) is 0 Å². The van der Waals surface area contributed by atoms with Crippen molar-refractivity contribution in [3.05, 3.63) is 34.6 Å². The summed E-state index contributed by atoms with van der Waals surface area (Å²) in [5, 5.41) is 0.519. The van der Waals surface area contributed by atoms with Gasteiger partial charge < -0.3 is 5.73 Å². The van der Waals surface area contributed by atoms with Crippen LogP contribution in [0.4, 0.5) is 4.39 Å². The number of nitrogens with two attached hydrogens (primary N) is 1. The number of benzene rings is 1. The van der Waals surface area contributed by atoms with E-state index in [1.54, 1.807) is 6.07 Å². The minimum absolute atomic E-state index is 0.235. The largest absolute Gasteiger partial charge is 0.327 e. The van der Waals surface area contributed by atoms with E-state index in [-0.39, 0.29) is 11.9 Å². The Hall–Kier alpha value is -0.600. The van der Waals surface area contributed by atoms with Gasteiger partial charge in [-0.05, 0) is 54.7 Å². The molecule has 1 aromatic carbocycles. The van der Waals surface area contributed by atoms with Crippen LogP contribution in [0.25, 0.3) is 0 Å². The van der Waals surface area contributed by atoms with Crippen molar-refractivity contribution in [3.8, 4) is 0 Å². The molecule has 1 aliphatic rings. The lowest BCUT2D eigenvalue weighted by molar-refractivity contribution is 0.157. The highest BCUT2D eigenvalue weighted by atomic mass is 35.5. The third-order valence-electron chi connectivity index (χ3n) is 4.07. The zero-order valence-electron chi connectivity index (χ0n) is 11.0. The lowest BCUT2D eigenvalue weighted by atomic mass is 9.68. The fourth-order valence-electron chi connectivity index (χ4n) is 2.95. The Kier molecular flexibility index (Phi) is 3.98. The molecule has 1 nitrogen and oxygen atoms in total. The summed E-state index contributed by atoms with van der Waals surface area (Å²) in [5.41, 5.74) is 7.58. The first kappa shape index (κ1) is 13.8. The van der Waals surface area contributed by atoms with Gasteiger partial charge in [-0.2, -0.15) is 0 Å². The second-order valence-corrected chi connectivity index (χ2v) is 6.68. The number of hydrogen-bond donors (Lipinski definition) is 1. The molecule has 1 aromatic rings. The van der Waals surface area contributed by atoms with Crippen molar-refractivity contribution < 1.29 is 4.39 Å². The molecule has 0 aliphatic heterocycles. The molecular weight excluding hydrogens is 249 g/mol. The van der Waals surface area contributed by atoms with Crippen LogP contribution in [0.1, 0.15) is 38.7 Å². The summed E-state index contributed by atoms with van der Waals surface area (Å²) in [7, 11) is 0. The van der Waals surface area contributed by atoms with Gasteiger partial charge in [-0.15, -0.1) is 0 Å². The number of halogens is 2. The molecule has 1 saturated carbocycles. The molecule has 1 fully saturated rings. The molecule has 0 spiro atoms. The van der Waals surface area contributed by atoms with Crippen molar-refractivity contribution in [1.29, 1.82) is 0 Å². The Balaban J connectivity index is 2.12. The van der Waals surface area contributed by atoms with Crippen LogP contribution in [0, 0.1) is 17.2 Å². The first-order chi connectivity index (χ1) is 8.37. The lowest BCUT2D eigenvalue weighted by Gasteiger charge is -2.39. The lowest BCUT2D eigenvalue weighted by Crippen LogP contribution is -2.40. The summed E-state index contributed by atoms with van der Waals surface area (Å²) >= 11 is 6.09. The zero-order chi connectivity index (χ0) is 13.3. The van der Waals surface area contributed by atoms with Gasteiger partial charge in [0.25, 0.3) is 0 Å². The smallest absolute Gasteiger partial charge is 0.124 e. The molecule has 0 saturated heterocycles. The van der Waals surface area contributed by atoms with Crippen LogP contribution in [-0.4, -0.2) is 6.04 Å². The highest BCUT2D eigenvalue weighted by Gasteiger charge is 2.33. The number of hydrogen-bond acceptors (Lipinski definition) is 1. The van der Waals surface area contributed by atoms with Crippen LogP contribution in [-0.2, 0) is 6.42 Å². The summed E-state index contributed by atoms with van der Waals surface area (Å²) < 4.78 is 13.0. The minimum atomic E-state index is -0.281. The quantitative estimate of drug-likeness (QED) is 0.857. The van der Waals surface area contributed by atoms with Crippen molar-refractivity contribution in [1.82, 2.24) is 0 Å². The molecule has 3 heteroatoms. The van der Waals surface area contributed by atoms with E-state index in [1.165, 1.54) is 18.6 Å². The molecule has 1 aliphatic carbocycles. The maximum Gasteiger partial charge on any atom is 0.124 e. The Labute approximate surface area is 114 Å². The van der Waals surface area contributed by atoms with Crippen LogP contribution in [0.5, 0.6) is 0 Å². The van der Waals surface area contributed by atoms with Gasteiger partial charge in [0.15, 0.2) is 0 Å². The van der Waals surface area contributed by atoms with Crippen molar-refractivity contribution in [2.75, 3.05) is 0 Å². The molecule has 0 aromatic heterocycles. The predicted octanol–water partition coefficient (Wildman–Crippen LogP) is 4.18. The molecule has 0 bridgehead atoms. The maximum atomic E-state index is 13.0. The topological polar surface area (TPSA) is 26.0 Å². The van der Waals surface area contributed by atoms with E-state index in [1.807, 2.05) is 0 Å². The van der Waals surface area contributed by atoms with Crippen molar-refractivity contribution in [2.24, 2.45) is 17.1 Å². The zero-order valence-corrected chi connectivity index (χ0v) is 11.8. The Morgan fingerprint density at radius 2 is 2.17 bits per heavy atom. The van der Waals surface area contributed by atoms with E-state index in [4.69, 9.17) is 17.3 Å². The summed E-state index contributed by atoms with van der Waals surface area (Å²) in [6.07, 6.45) is 4.21. The fraction of sp³-hybridized carbons (Fsp3) is 0.600.